The molecule has 0 saturated heterocycles. The molecule has 0 heterocycles. The Morgan fingerprint density at radius 3 is 2.42 bits per heavy atom. The maximum Gasteiger partial charge on any atom is 0.241 e. The maximum absolute atomic E-state index is 12.8. The average Bonchev–Trinajstić information content (AvgIpc) is 2.61. The lowest BCUT2D eigenvalue weighted by Crippen LogP contribution is -2.31. The zero-order valence-electron chi connectivity index (χ0n) is 14.5. The Labute approximate surface area is 161 Å². The molecular formula is C19H20BrNO4S. The van der Waals surface area contributed by atoms with Gasteiger partial charge in [-0.15, -0.1) is 0 Å². The van der Waals surface area contributed by atoms with Crippen LogP contribution in [0.3, 0.4) is 0 Å². The average molecular weight is 438 g/mol. The van der Waals surface area contributed by atoms with E-state index in [0.717, 1.165) is 5.56 Å². The SMILES string of the molecule is C=C(C(=O)CC)C(NS(=O)(=O)c1ccc(C)cc1)c1cc(Br)ccc1O. The van der Waals surface area contributed by atoms with Crippen LogP contribution in [0.2, 0.25) is 0 Å². The number of carbonyl (C=O) groups is 1. The molecular weight excluding hydrogens is 418 g/mol. The Balaban J connectivity index is 2.50. The number of aryl methyl sites for hydroxylation is 1. The monoisotopic (exact) mass is 437 g/mol. The minimum absolute atomic E-state index is 0.0663. The van der Waals surface area contributed by atoms with Crippen molar-refractivity contribution in [1.82, 2.24) is 4.72 Å². The van der Waals surface area contributed by atoms with Crippen LogP contribution in [0.1, 0.15) is 30.5 Å². The van der Waals surface area contributed by atoms with Crippen LogP contribution in [0, 0.1) is 6.92 Å². The third kappa shape index (κ3) is 4.60. The zero-order valence-corrected chi connectivity index (χ0v) is 16.9. The Kier molecular flexibility index (Phi) is 6.39. The fourth-order valence-electron chi connectivity index (χ4n) is 2.41. The van der Waals surface area contributed by atoms with E-state index in [0.29, 0.717) is 4.47 Å². The number of phenolic OH excluding ortho intramolecular Hbond substituents is 1. The molecule has 2 aromatic carbocycles. The fraction of sp³-hybridized carbons (Fsp3) is 0.211. The number of hydrogen-bond acceptors (Lipinski definition) is 4. The summed E-state index contributed by atoms with van der Waals surface area (Å²) in [5.41, 5.74) is 1.24. The Morgan fingerprint density at radius 1 is 1.23 bits per heavy atom. The van der Waals surface area contributed by atoms with Gasteiger partial charge in [-0.2, -0.15) is 4.72 Å². The first-order valence-electron chi connectivity index (χ1n) is 7.95. The molecule has 0 bridgehead atoms. The van der Waals surface area contributed by atoms with E-state index in [4.69, 9.17) is 0 Å². The zero-order chi connectivity index (χ0) is 19.5. The predicted octanol–water partition coefficient (Wildman–Crippen LogP) is 4.02. The van der Waals surface area contributed by atoms with Gasteiger partial charge in [0, 0.05) is 22.0 Å². The van der Waals surface area contributed by atoms with Gasteiger partial charge in [0.1, 0.15) is 5.75 Å². The van der Waals surface area contributed by atoms with Crippen molar-refractivity contribution >= 4 is 31.7 Å². The van der Waals surface area contributed by atoms with Crippen molar-refractivity contribution in [2.75, 3.05) is 0 Å². The molecule has 0 aliphatic rings. The summed E-state index contributed by atoms with van der Waals surface area (Å²) in [6.45, 7) is 7.28. The Bertz CT molecular complexity index is 937. The van der Waals surface area contributed by atoms with Crippen LogP contribution in [0.25, 0.3) is 0 Å². The van der Waals surface area contributed by atoms with Gasteiger partial charge in [0.05, 0.1) is 10.9 Å². The molecule has 5 nitrogen and oxygen atoms in total. The van der Waals surface area contributed by atoms with Gasteiger partial charge >= 0.3 is 0 Å². The standard InChI is InChI=1S/C19H20BrNO4S/c1-4-17(22)13(3)19(16-11-14(20)7-10-18(16)23)21-26(24,25)15-8-5-12(2)6-9-15/h5-11,19,21,23H,3-4H2,1-2H3. The van der Waals surface area contributed by atoms with Gasteiger partial charge < -0.3 is 5.11 Å². The van der Waals surface area contributed by atoms with E-state index in [1.165, 1.54) is 18.2 Å². The van der Waals surface area contributed by atoms with Gasteiger partial charge in [-0.3, -0.25) is 4.79 Å². The number of sulfonamides is 1. The summed E-state index contributed by atoms with van der Waals surface area (Å²) >= 11 is 3.30. The molecule has 0 aromatic heterocycles. The van der Waals surface area contributed by atoms with Gasteiger partial charge in [0.15, 0.2) is 5.78 Å². The van der Waals surface area contributed by atoms with Crippen molar-refractivity contribution < 1.29 is 18.3 Å². The van der Waals surface area contributed by atoms with Crippen molar-refractivity contribution in [3.8, 4) is 5.75 Å². The largest absolute Gasteiger partial charge is 0.508 e. The highest BCUT2D eigenvalue weighted by Gasteiger charge is 2.28. The van der Waals surface area contributed by atoms with Crippen molar-refractivity contribution in [1.29, 1.82) is 0 Å². The van der Waals surface area contributed by atoms with Crippen molar-refractivity contribution in [2.24, 2.45) is 0 Å². The lowest BCUT2D eigenvalue weighted by atomic mass is 9.96. The molecule has 0 amide bonds. The molecule has 0 aliphatic heterocycles. The van der Waals surface area contributed by atoms with Crippen LogP contribution in [-0.2, 0) is 14.8 Å². The summed E-state index contributed by atoms with van der Waals surface area (Å²) in [6, 6.07) is 9.88. The molecule has 26 heavy (non-hydrogen) atoms. The van der Waals surface area contributed by atoms with E-state index in [1.807, 2.05) is 6.92 Å². The quantitative estimate of drug-likeness (QED) is 0.640. The highest BCUT2D eigenvalue weighted by Crippen LogP contribution is 2.33. The normalized spacial score (nSPS) is 12.6. The van der Waals surface area contributed by atoms with Gasteiger partial charge in [-0.1, -0.05) is 47.1 Å². The predicted molar refractivity (Wildman–Crippen MR) is 104 cm³/mol. The van der Waals surface area contributed by atoms with E-state index in [2.05, 4.69) is 27.2 Å². The number of ketones is 1. The van der Waals surface area contributed by atoms with Gasteiger partial charge in [-0.05, 0) is 37.3 Å². The number of hydrogen-bond donors (Lipinski definition) is 2. The van der Waals surface area contributed by atoms with Crippen LogP contribution < -0.4 is 4.72 Å². The minimum Gasteiger partial charge on any atom is -0.508 e. The molecule has 7 heteroatoms. The first kappa shape index (κ1) is 20.4. The van der Waals surface area contributed by atoms with Crippen LogP contribution in [-0.4, -0.2) is 19.3 Å². The van der Waals surface area contributed by atoms with E-state index in [9.17, 15) is 18.3 Å². The lowest BCUT2D eigenvalue weighted by Gasteiger charge is -2.22. The maximum atomic E-state index is 12.8. The first-order chi connectivity index (χ1) is 12.2. The van der Waals surface area contributed by atoms with E-state index in [-0.39, 0.29) is 34.0 Å². The molecule has 0 spiro atoms. The number of halogens is 1. The van der Waals surface area contributed by atoms with Crippen LogP contribution in [0.15, 0.2) is 64.0 Å². The number of phenols is 1. The van der Waals surface area contributed by atoms with Crippen LogP contribution in [0.5, 0.6) is 5.75 Å². The van der Waals surface area contributed by atoms with Crippen LogP contribution in [0.4, 0.5) is 0 Å². The van der Waals surface area contributed by atoms with Crippen molar-refractivity contribution in [2.45, 2.75) is 31.2 Å². The highest BCUT2D eigenvalue weighted by atomic mass is 79.9. The number of Topliss-reactive ketones (excluding diaryl/α,β-unsaturated/α-hetero) is 1. The molecule has 0 fully saturated rings. The van der Waals surface area contributed by atoms with E-state index < -0.39 is 16.1 Å². The van der Waals surface area contributed by atoms with Gasteiger partial charge in [0.25, 0.3) is 0 Å². The second-order valence-electron chi connectivity index (χ2n) is 5.87. The van der Waals surface area contributed by atoms with Gasteiger partial charge in [0.2, 0.25) is 10.0 Å². The van der Waals surface area contributed by atoms with E-state index >= 15 is 0 Å². The molecule has 0 saturated carbocycles. The van der Waals surface area contributed by atoms with Crippen LogP contribution >= 0.6 is 15.9 Å². The molecule has 1 atom stereocenters. The summed E-state index contributed by atoms with van der Waals surface area (Å²) in [5, 5.41) is 10.2. The topological polar surface area (TPSA) is 83.5 Å². The number of rotatable bonds is 7. The molecule has 0 aliphatic carbocycles. The fourth-order valence-corrected chi connectivity index (χ4v) is 4.00. The second kappa shape index (κ2) is 8.16. The Hall–Kier alpha value is -1.96. The number of nitrogens with one attached hydrogen (secondary N) is 1. The molecule has 2 N–H and O–H groups in total. The first-order valence-corrected chi connectivity index (χ1v) is 10.2. The molecule has 1 unspecified atom stereocenters. The molecule has 2 aromatic rings. The molecule has 138 valence electrons. The summed E-state index contributed by atoms with van der Waals surface area (Å²) in [6.07, 6.45) is 0.177. The summed E-state index contributed by atoms with van der Waals surface area (Å²) in [5.74, 6) is -0.421. The van der Waals surface area contributed by atoms with Gasteiger partial charge in [-0.25, -0.2) is 8.42 Å². The number of carbonyl (C=O) groups excluding carboxylic acids is 1. The van der Waals surface area contributed by atoms with Crippen molar-refractivity contribution in [3.63, 3.8) is 0 Å². The number of aromatic hydroxyl groups is 1. The second-order valence-corrected chi connectivity index (χ2v) is 8.50. The molecule has 0 radical (unpaired) electrons. The van der Waals surface area contributed by atoms with E-state index in [1.54, 1.807) is 31.2 Å². The third-order valence-electron chi connectivity index (χ3n) is 3.93. The summed E-state index contributed by atoms with van der Waals surface area (Å²) < 4.78 is 28.7. The number of benzene rings is 2. The third-order valence-corrected chi connectivity index (χ3v) is 5.86. The lowest BCUT2D eigenvalue weighted by molar-refractivity contribution is -0.115. The molecule has 2 rings (SSSR count). The van der Waals surface area contributed by atoms with Crippen molar-refractivity contribution in [3.05, 3.63) is 70.2 Å². The summed E-state index contributed by atoms with van der Waals surface area (Å²) in [4.78, 5) is 12.2. The Morgan fingerprint density at radius 2 is 1.85 bits per heavy atom. The summed E-state index contributed by atoms with van der Waals surface area (Å²) in [7, 11) is -3.93. The minimum atomic E-state index is -3.93. The highest BCUT2D eigenvalue weighted by molar-refractivity contribution is 9.10. The smallest absolute Gasteiger partial charge is 0.241 e.